The van der Waals surface area contributed by atoms with E-state index in [0.717, 1.165) is 12.1 Å². The zero-order valence-electron chi connectivity index (χ0n) is 14.8. The second-order valence-corrected chi connectivity index (χ2v) is 7.08. The molecule has 4 nitrogen and oxygen atoms in total. The lowest BCUT2D eigenvalue weighted by atomic mass is 10.1. The summed E-state index contributed by atoms with van der Waals surface area (Å²) >= 11 is 12.0. The number of hydrogen-bond donors (Lipinski definition) is 0. The van der Waals surface area contributed by atoms with E-state index in [-0.39, 0.29) is 28.7 Å². The molecule has 0 atom stereocenters. The molecule has 2 aromatic carbocycles. The summed E-state index contributed by atoms with van der Waals surface area (Å²) in [5.74, 6) is -0.306. The summed E-state index contributed by atoms with van der Waals surface area (Å²) in [6, 6.07) is 12.4. The van der Waals surface area contributed by atoms with Gasteiger partial charge in [-0.3, -0.25) is 0 Å². The summed E-state index contributed by atoms with van der Waals surface area (Å²) in [6.45, 7) is 0. The normalized spacial score (nSPS) is 15.4. The van der Waals surface area contributed by atoms with Gasteiger partial charge in [0.2, 0.25) is 5.90 Å². The highest BCUT2D eigenvalue weighted by Crippen LogP contribution is 2.33. The lowest BCUT2D eigenvalue weighted by molar-refractivity contribution is -0.137. The molecular formula is C21H10Cl2F3NO3. The van der Waals surface area contributed by atoms with Crippen molar-refractivity contribution in [1.82, 2.24) is 0 Å². The van der Waals surface area contributed by atoms with E-state index in [1.807, 2.05) is 0 Å². The van der Waals surface area contributed by atoms with Gasteiger partial charge >= 0.3 is 12.1 Å². The molecule has 0 unspecified atom stereocenters. The second kappa shape index (κ2) is 7.66. The number of benzene rings is 2. The molecule has 0 radical (unpaired) electrons. The summed E-state index contributed by atoms with van der Waals surface area (Å²) in [5.41, 5.74) is -0.238. The Hall–Kier alpha value is -3.03. The van der Waals surface area contributed by atoms with E-state index < -0.39 is 17.7 Å². The molecule has 0 saturated heterocycles. The van der Waals surface area contributed by atoms with E-state index in [1.54, 1.807) is 12.1 Å². The fourth-order valence-corrected chi connectivity index (χ4v) is 3.13. The van der Waals surface area contributed by atoms with Crippen LogP contribution in [0, 0.1) is 0 Å². The van der Waals surface area contributed by atoms with Crippen molar-refractivity contribution in [2.24, 2.45) is 4.99 Å². The zero-order chi connectivity index (χ0) is 21.5. The Bertz CT molecular complexity index is 1210. The zero-order valence-corrected chi connectivity index (χ0v) is 16.3. The van der Waals surface area contributed by atoms with Gasteiger partial charge in [-0.2, -0.15) is 13.2 Å². The minimum Gasteiger partial charge on any atom is -0.457 e. The van der Waals surface area contributed by atoms with Crippen molar-refractivity contribution in [2.45, 2.75) is 6.18 Å². The number of furan rings is 1. The third-order valence-electron chi connectivity index (χ3n) is 4.16. The van der Waals surface area contributed by atoms with Crippen LogP contribution in [0.3, 0.4) is 0 Å². The molecule has 1 aliphatic rings. The van der Waals surface area contributed by atoms with Crippen molar-refractivity contribution in [2.75, 3.05) is 0 Å². The Kier molecular flexibility index (Phi) is 5.17. The van der Waals surface area contributed by atoms with Crippen molar-refractivity contribution in [3.8, 4) is 11.3 Å². The number of cyclic esters (lactones) is 1. The summed E-state index contributed by atoms with van der Waals surface area (Å²) in [5, 5.41) is 0.694. The van der Waals surface area contributed by atoms with Gasteiger partial charge in [0.15, 0.2) is 5.70 Å². The lowest BCUT2D eigenvalue weighted by Crippen LogP contribution is -2.06. The van der Waals surface area contributed by atoms with Crippen molar-refractivity contribution in [1.29, 1.82) is 0 Å². The van der Waals surface area contributed by atoms with Crippen LogP contribution in [0.25, 0.3) is 17.4 Å². The van der Waals surface area contributed by atoms with Crippen LogP contribution in [-0.2, 0) is 15.7 Å². The SMILES string of the molecule is O=C1OC(c2cc(Cl)ccc2Cl)=N/C1=C\c1ccc(-c2cccc(C(F)(F)F)c2)o1. The summed E-state index contributed by atoms with van der Waals surface area (Å²) in [6.07, 6.45) is -3.14. The van der Waals surface area contributed by atoms with Crippen LogP contribution in [0.1, 0.15) is 16.9 Å². The molecule has 0 N–H and O–H groups in total. The van der Waals surface area contributed by atoms with Crippen LogP contribution in [0.4, 0.5) is 13.2 Å². The van der Waals surface area contributed by atoms with Crippen LogP contribution in [0.5, 0.6) is 0 Å². The highest BCUT2D eigenvalue weighted by Gasteiger charge is 2.31. The quantitative estimate of drug-likeness (QED) is 0.332. The maximum absolute atomic E-state index is 12.9. The van der Waals surface area contributed by atoms with Crippen molar-refractivity contribution >= 4 is 41.1 Å². The first-order valence-corrected chi connectivity index (χ1v) is 9.22. The standard InChI is InChI=1S/C21H10Cl2F3NO3/c22-13-4-6-16(23)15(9-13)19-27-17(20(28)30-19)10-14-5-7-18(29-14)11-2-1-3-12(8-11)21(24,25)26/h1-10H/b17-10-. The summed E-state index contributed by atoms with van der Waals surface area (Å²) in [4.78, 5) is 16.3. The average molecular weight is 452 g/mol. The fourth-order valence-electron chi connectivity index (χ4n) is 2.75. The molecule has 152 valence electrons. The van der Waals surface area contributed by atoms with Crippen LogP contribution < -0.4 is 0 Å². The van der Waals surface area contributed by atoms with E-state index in [0.29, 0.717) is 15.6 Å². The number of nitrogens with zero attached hydrogens (tertiary/aromatic N) is 1. The first-order chi connectivity index (χ1) is 14.2. The molecule has 0 spiro atoms. The highest BCUT2D eigenvalue weighted by molar-refractivity contribution is 6.36. The molecule has 3 aromatic rings. The van der Waals surface area contributed by atoms with Gasteiger partial charge < -0.3 is 9.15 Å². The van der Waals surface area contributed by atoms with Crippen LogP contribution in [-0.4, -0.2) is 11.9 Å². The van der Waals surface area contributed by atoms with Gasteiger partial charge in [0.25, 0.3) is 0 Å². The Balaban J connectivity index is 1.64. The fraction of sp³-hybridized carbons (Fsp3) is 0.0476. The molecule has 0 fully saturated rings. The molecule has 0 bridgehead atoms. The monoisotopic (exact) mass is 451 g/mol. The van der Waals surface area contributed by atoms with Crippen LogP contribution in [0.2, 0.25) is 10.0 Å². The molecule has 4 rings (SSSR count). The Morgan fingerprint density at radius 3 is 2.57 bits per heavy atom. The topological polar surface area (TPSA) is 51.8 Å². The predicted octanol–water partition coefficient (Wildman–Crippen LogP) is 6.62. The van der Waals surface area contributed by atoms with E-state index >= 15 is 0 Å². The first kappa shape index (κ1) is 20.3. The van der Waals surface area contributed by atoms with E-state index in [4.69, 9.17) is 32.4 Å². The van der Waals surface area contributed by atoms with Crippen molar-refractivity contribution in [3.05, 3.63) is 87.2 Å². The first-order valence-electron chi connectivity index (χ1n) is 8.46. The molecule has 0 amide bonds. The molecule has 2 heterocycles. The summed E-state index contributed by atoms with van der Waals surface area (Å²) < 4.78 is 49.4. The third kappa shape index (κ3) is 4.13. The maximum atomic E-state index is 12.9. The largest absolute Gasteiger partial charge is 0.457 e. The number of aliphatic imine (C=N–C) groups is 1. The van der Waals surface area contributed by atoms with Gasteiger partial charge in [-0.15, -0.1) is 0 Å². The smallest absolute Gasteiger partial charge is 0.416 e. The van der Waals surface area contributed by atoms with Crippen LogP contribution in [0.15, 0.2) is 69.7 Å². The number of hydrogen-bond acceptors (Lipinski definition) is 4. The van der Waals surface area contributed by atoms with Crippen molar-refractivity contribution < 1.29 is 27.1 Å². The number of alkyl halides is 3. The van der Waals surface area contributed by atoms with Gasteiger partial charge in [0.1, 0.15) is 11.5 Å². The average Bonchev–Trinajstić information content (AvgIpc) is 3.30. The number of esters is 1. The van der Waals surface area contributed by atoms with Crippen LogP contribution >= 0.6 is 23.2 Å². The van der Waals surface area contributed by atoms with Crippen molar-refractivity contribution in [3.63, 3.8) is 0 Å². The number of halogens is 5. The Morgan fingerprint density at radius 1 is 1.00 bits per heavy atom. The van der Waals surface area contributed by atoms with Gasteiger partial charge in [0.05, 0.1) is 16.1 Å². The molecule has 30 heavy (non-hydrogen) atoms. The second-order valence-electron chi connectivity index (χ2n) is 6.24. The highest BCUT2D eigenvalue weighted by atomic mass is 35.5. The minimum absolute atomic E-state index is 0.0107. The molecule has 9 heteroatoms. The number of ether oxygens (including phenoxy) is 1. The maximum Gasteiger partial charge on any atom is 0.416 e. The molecular weight excluding hydrogens is 442 g/mol. The Labute approximate surface area is 178 Å². The number of carbonyl (C=O) groups excluding carboxylic acids is 1. The van der Waals surface area contributed by atoms with E-state index in [1.165, 1.54) is 36.4 Å². The van der Waals surface area contributed by atoms with Gasteiger partial charge in [-0.05, 0) is 42.5 Å². The predicted molar refractivity (Wildman–Crippen MR) is 106 cm³/mol. The molecule has 1 aliphatic heterocycles. The Morgan fingerprint density at radius 2 is 1.80 bits per heavy atom. The number of carbonyl (C=O) groups is 1. The van der Waals surface area contributed by atoms with Gasteiger partial charge in [-0.25, -0.2) is 9.79 Å². The third-order valence-corrected chi connectivity index (χ3v) is 4.72. The van der Waals surface area contributed by atoms with Gasteiger partial charge in [0, 0.05) is 16.7 Å². The molecule has 0 saturated carbocycles. The molecule has 0 aliphatic carbocycles. The summed E-state index contributed by atoms with van der Waals surface area (Å²) in [7, 11) is 0. The van der Waals surface area contributed by atoms with E-state index in [2.05, 4.69) is 4.99 Å². The van der Waals surface area contributed by atoms with E-state index in [9.17, 15) is 18.0 Å². The molecule has 1 aromatic heterocycles. The lowest BCUT2D eigenvalue weighted by Gasteiger charge is -2.07. The minimum atomic E-state index is -4.46. The number of rotatable bonds is 3. The van der Waals surface area contributed by atoms with Gasteiger partial charge in [-0.1, -0.05) is 35.3 Å².